The lowest BCUT2D eigenvalue weighted by molar-refractivity contribution is -0.111. The lowest BCUT2D eigenvalue weighted by Gasteiger charge is -2.30. The fraction of sp³-hybridized carbons (Fsp3) is 0.321. The molecular weight excluding hydrogens is 396 g/mol. The van der Waals surface area contributed by atoms with Crippen molar-refractivity contribution in [3.05, 3.63) is 77.9 Å². The Balaban J connectivity index is 1.60. The van der Waals surface area contributed by atoms with E-state index in [1.807, 2.05) is 49.4 Å². The Morgan fingerprint density at radius 1 is 0.969 bits per heavy atom. The number of hydrogen-bond donors (Lipinski definition) is 1. The van der Waals surface area contributed by atoms with Crippen LogP contribution in [0.15, 0.2) is 66.7 Å². The van der Waals surface area contributed by atoms with Crippen LogP contribution in [0.2, 0.25) is 0 Å². The Bertz CT molecular complexity index is 1080. The quantitative estimate of drug-likeness (QED) is 0.405. The molecule has 4 heteroatoms. The molecule has 3 aromatic rings. The lowest BCUT2D eigenvalue weighted by Crippen LogP contribution is -2.39. The molecule has 0 saturated carbocycles. The summed E-state index contributed by atoms with van der Waals surface area (Å²) in [7, 11) is 0. The van der Waals surface area contributed by atoms with Gasteiger partial charge in [0, 0.05) is 36.5 Å². The van der Waals surface area contributed by atoms with Gasteiger partial charge in [-0.1, -0.05) is 42.5 Å². The molecule has 0 saturated heterocycles. The highest BCUT2D eigenvalue weighted by atomic mass is 16.5. The number of fused-ring (bicyclic) bond motifs is 1. The minimum Gasteiger partial charge on any atom is -0.492 e. The fourth-order valence-electron chi connectivity index (χ4n) is 3.87. The van der Waals surface area contributed by atoms with Crippen LogP contribution in [0, 0.1) is 6.92 Å². The second kappa shape index (κ2) is 11.0. The number of hydrogen-bond acceptors (Lipinski definition) is 3. The first-order chi connectivity index (χ1) is 15.3. The highest BCUT2D eigenvalue weighted by molar-refractivity contribution is 6.02. The number of amides is 1. The first-order valence-corrected chi connectivity index (χ1v) is 11.3. The van der Waals surface area contributed by atoms with E-state index in [0.717, 1.165) is 34.5 Å². The molecule has 0 aliphatic rings. The van der Waals surface area contributed by atoms with Crippen LogP contribution in [0.25, 0.3) is 16.8 Å². The van der Waals surface area contributed by atoms with Crippen molar-refractivity contribution in [2.75, 3.05) is 18.5 Å². The molecule has 0 aliphatic carbocycles. The molecule has 3 aromatic carbocycles. The summed E-state index contributed by atoms with van der Waals surface area (Å²) in [4.78, 5) is 14.9. The van der Waals surface area contributed by atoms with Gasteiger partial charge >= 0.3 is 0 Å². The summed E-state index contributed by atoms with van der Waals surface area (Å²) in [5.41, 5.74) is 2.77. The molecule has 0 atom stereocenters. The number of anilines is 1. The summed E-state index contributed by atoms with van der Waals surface area (Å²) >= 11 is 0. The van der Waals surface area contributed by atoms with E-state index >= 15 is 0 Å². The summed E-state index contributed by atoms with van der Waals surface area (Å²) in [6, 6.07) is 21.1. The Morgan fingerprint density at radius 2 is 1.69 bits per heavy atom. The third-order valence-electron chi connectivity index (χ3n) is 5.59. The molecule has 32 heavy (non-hydrogen) atoms. The molecule has 0 aromatic heterocycles. The number of carbonyl (C=O) groups excluding carboxylic acids is 1. The molecular formula is C28H34N2O2. The van der Waals surface area contributed by atoms with Crippen molar-refractivity contribution in [3.63, 3.8) is 0 Å². The van der Waals surface area contributed by atoms with Gasteiger partial charge in [-0.2, -0.15) is 0 Å². The van der Waals surface area contributed by atoms with Gasteiger partial charge in [0.15, 0.2) is 0 Å². The number of ether oxygens (including phenoxy) is 1. The van der Waals surface area contributed by atoms with Gasteiger partial charge in [0.2, 0.25) is 5.91 Å². The first kappa shape index (κ1) is 23.6. The third-order valence-corrected chi connectivity index (χ3v) is 5.59. The molecule has 0 radical (unpaired) electrons. The van der Waals surface area contributed by atoms with Crippen LogP contribution < -0.4 is 10.1 Å². The van der Waals surface area contributed by atoms with E-state index < -0.39 is 0 Å². The molecule has 1 amide bonds. The number of aryl methyl sites for hydroxylation is 1. The van der Waals surface area contributed by atoms with E-state index in [1.165, 1.54) is 5.39 Å². The van der Waals surface area contributed by atoms with Crippen molar-refractivity contribution in [1.82, 2.24) is 4.90 Å². The molecule has 0 heterocycles. The van der Waals surface area contributed by atoms with Crippen LogP contribution in [0.5, 0.6) is 5.75 Å². The van der Waals surface area contributed by atoms with Crippen LogP contribution in [0.4, 0.5) is 5.69 Å². The van der Waals surface area contributed by atoms with E-state index in [4.69, 9.17) is 4.74 Å². The standard InChI is InChI=1S/C28H34N2O2/c1-20(2)30(21(3)4)16-17-32-27-19-26(14-10-22(27)5)29-28(31)15-12-23-11-13-24-8-6-7-9-25(24)18-23/h6-15,18-21H,16-17H2,1-5H3,(H,29,31)/b15-12+. The predicted molar refractivity (Wildman–Crippen MR) is 135 cm³/mol. The van der Waals surface area contributed by atoms with Crippen molar-refractivity contribution in [2.24, 2.45) is 0 Å². The maximum Gasteiger partial charge on any atom is 0.248 e. The molecule has 3 rings (SSSR count). The van der Waals surface area contributed by atoms with Crippen LogP contribution in [-0.2, 0) is 4.79 Å². The minimum absolute atomic E-state index is 0.168. The Kier molecular flexibility index (Phi) is 8.07. The summed E-state index contributed by atoms with van der Waals surface area (Å²) in [5.74, 6) is 0.632. The number of carbonyl (C=O) groups is 1. The molecule has 0 fully saturated rings. The van der Waals surface area contributed by atoms with Crippen LogP contribution in [0.3, 0.4) is 0 Å². The highest BCUT2D eigenvalue weighted by Crippen LogP contribution is 2.23. The van der Waals surface area contributed by atoms with E-state index in [1.54, 1.807) is 6.08 Å². The normalized spacial score (nSPS) is 11.8. The van der Waals surface area contributed by atoms with Gasteiger partial charge in [0.25, 0.3) is 0 Å². The monoisotopic (exact) mass is 430 g/mol. The zero-order valence-corrected chi connectivity index (χ0v) is 19.8. The highest BCUT2D eigenvalue weighted by Gasteiger charge is 2.13. The summed E-state index contributed by atoms with van der Waals surface area (Å²) < 4.78 is 6.05. The molecule has 168 valence electrons. The number of nitrogens with one attached hydrogen (secondary N) is 1. The van der Waals surface area contributed by atoms with Gasteiger partial charge in [0.05, 0.1) is 0 Å². The topological polar surface area (TPSA) is 41.6 Å². The van der Waals surface area contributed by atoms with Crippen molar-refractivity contribution >= 4 is 28.4 Å². The molecule has 0 spiro atoms. The average Bonchev–Trinajstić information content (AvgIpc) is 2.76. The fourth-order valence-corrected chi connectivity index (χ4v) is 3.87. The molecule has 1 N–H and O–H groups in total. The SMILES string of the molecule is Cc1ccc(NC(=O)/C=C/c2ccc3ccccc3c2)cc1OCCN(C(C)C)C(C)C. The number of rotatable bonds is 9. The van der Waals surface area contributed by atoms with Crippen molar-refractivity contribution in [2.45, 2.75) is 46.7 Å². The van der Waals surface area contributed by atoms with Crippen LogP contribution in [-0.4, -0.2) is 36.0 Å². The van der Waals surface area contributed by atoms with E-state index in [-0.39, 0.29) is 5.91 Å². The van der Waals surface area contributed by atoms with Gasteiger partial charge in [0.1, 0.15) is 12.4 Å². The maximum atomic E-state index is 12.5. The van der Waals surface area contributed by atoms with E-state index in [9.17, 15) is 4.79 Å². The largest absolute Gasteiger partial charge is 0.492 e. The van der Waals surface area contributed by atoms with Gasteiger partial charge in [-0.15, -0.1) is 0 Å². The second-order valence-corrected chi connectivity index (χ2v) is 8.68. The van der Waals surface area contributed by atoms with Crippen LogP contribution in [0.1, 0.15) is 38.8 Å². The van der Waals surface area contributed by atoms with Gasteiger partial charge < -0.3 is 10.1 Å². The molecule has 0 aliphatic heterocycles. The molecule has 0 unspecified atom stereocenters. The van der Waals surface area contributed by atoms with Crippen molar-refractivity contribution in [1.29, 1.82) is 0 Å². The number of benzene rings is 3. The predicted octanol–water partition coefficient (Wildman–Crippen LogP) is 6.30. The van der Waals surface area contributed by atoms with Crippen molar-refractivity contribution < 1.29 is 9.53 Å². The maximum absolute atomic E-state index is 12.5. The summed E-state index contributed by atoms with van der Waals surface area (Å²) in [5, 5.41) is 5.28. The zero-order chi connectivity index (χ0) is 23.1. The van der Waals surface area contributed by atoms with E-state index in [2.05, 4.69) is 62.2 Å². The number of nitrogens with zero attached hydrogens (tertiary/aromatic N) is 1. The van der Waals surface area contributed by atoms with Gasteiger partial charge in [-0.05, 0) is 74.7 Å². The average molecular weight is 431 g/mol. The third kappa shape index (κ3) is 6.44. The molecule has 4 nitrogen and oxygen atoms in total. The lowest BCUT2D eigenvalue weighted by atomic mass is 10.1. The molecule has 0 bridgehead atoms. The Labute approximate surface area is 191 Å². The zero-order valence-electron chi connectivity index (χ0n) is 19.8. The van der Waals surface area contributed by atoms with E-state index in [0.29, 0.717) is 18.7 Å². The first-order valence-electron chi connectivity index (χ1n) is 11.3. The smallest absolute Gasteiger partial charge is 0.248 e. The summed E-state index contributed by atoms with van der Waals surface area (Å²) in [6.45, 7) is 12.3. The van der Waals surface area contributed by atoms with Crippen molar-refractivity contribution in [3.8, 4) is 5.75 Å². The van der Waals surface area contributed by atoms with Crippen LogP contribution >= 0.6 is 0 Å². The second-order valence-electron chi connectivity index (χ2n) is 8.68. The summed E-state index contributed by atoms with van der Waals surface area (Å²) in [6.07, 6.45) is 3.40. The Morgan fingerprint density at radius 3 is 2.41 bits per heavy atom. The Hall–Kier alpha value is -3.11. The minimum atomic E-state index is -0.168. The van der Waals surface area contributed by atoms with Gasteiger partial charge in [-0.3, -0.25) is 9.69 Å². The van der Waals surface area contributed by atoms with Gasteiger partial charge in [-0.25, -0.2) is 0 Å².